The molecule has 0 heterocycles. The van der Waals surface area contributed by atoms with Crippen LogP contribution in [0.3, 0.4) is 0 Å². The van der Waals surface area contributed by atoms with E-state index in [2.05, 4.69) is 4.99 Å². The zero-order valence-corrected chi connectivity index (χ0v) is 7.20. The molecule has 0 amide bonds. The molecule has 2 aromatic rings. The van der Waals surface area contributed by atoms with Gasteiger partial charge in [-0.2, -0.15) is 4.99 Å². The molecule has 0 unspecified atom stereocenters. The van der Waals surface area contributed by atoms with Crippen molar-refractivity contribution in [2.45, 2.75) is 0 Å². The quantitative estimate of drug-likeness (QED) is 0.498. The lowest BCUT2D eigenvalue weighted by Gasteiger charge is -2.00. The van der Waals surface area contributed by atoms with Gasteiger partial charge in [-0.3, -0.25) is 0 Å². The van der Waals surface area contributed by atoms with Gasteiger partial charge in [-0.05, 0) is 11.5 Å². The Labute approximate surface area is 79.7 Å². The van der Waals surface area contributed by atoms with Crippen molar-refractivity contribution in [1.29, 1.82) is 0 Å². The van der Waals surface area contributed by atoms with Gasteiger partial charge < -0.3 is 0 Å². The number of hydrogen-bond donors (Lipinski definition) is 0. The number of carbonyl (C=O) groups excluding carboxylic acids is 1. The molecule has 0 aliphatic carbocycles. The smallest absolute Gasteiger partial charge is 0.211 e. The first kappa shape index (κ1) is 8.60. The minimum atomic E-state index is -0.480. The van der Waals surface area contributed by atoms with Crippen molar-refractivity contribution in [3.05, 3.63) is 42.2 Å². The Morgan fingerprint density at radius 1 is 1.14 bits per heavy atom. The van der Waals surface area contributed by atoms with Crippen LogP contribution in [0, 0.1) is 5.82 Å². The molecule has 68 valence electrons. The monoisotopic (exact) mass is 187 g/mol. The maximum atomic E-state index is 13.6. The molecule has 2 nitrogen and oxygen atoms in total. The summed E-state index contributed by atoms with van der Waals surface area (Å²) >= 11 is 0. The average Bonchev–Trinajstić information content (AvgIpc) is 2.23. The van der Waals surface area contributed by atoms with E-state index in [0.29, 0.717) is 5.39 Å². The maximum Gasteiger partial charge on any atom is 0.240 e. The van der Waals surface area contributed by atoms with Crippen LogP contribution in [-0.4, -0.2) is 6.08 Å². The zero-order valence-electron chi connectivity index (χ0n) is 7.20. The molecule has 0 radical (unpaired) electrons. The molecule has 2 rings (SSSR count). The van der Waals surface area contributed by atoms with Gasteiger partial charge in [0.15, 0.2) is 5.82 Å². The van der Waals surface area contributed by atoms with E-state index in [4.69, 9.17) is 0 Å². The third kappa shape index (κ3) is 1.30. The summed E-state index contributed by atoms with van der Waals surface area (Å²) < 4.78 is 13.6. The Balaban J connectivity index is 2.81. The van der Waals surface area contributed by atoms with Crippen LogP contribution in [0.15, 0.2) is 41.4 Å². The summed E-state index contributed by atoms with van der Waals surface area (Å²) in [7, 11) is 0. The van der Waals surface area contributed by atoms with Crippen molar-refractivity contribution < 1.29 is 9.18 Å². The predicted octanol–water partition coefficient (Wildman–Crippen LogP) is 2.95. The van der Waals surface area contributed by atoms with Gasteiger partial charge in [-0.1, -0.05) is 30.3 Å². The fourth-order valence-electron chi connectivity index (χ4n) is 1.36. The maximum absolute atomic E-state index is 13.6. The van der Waals surface area contributed by atoms with Gasteiger partial charge in [-0.25, -0.2) is 9.18 Å². The molecular formula is C11H6FNO. The van der Waals surface area contributed by atoms with Crippen LogP contribution in [0.5, 0.6) is 0 Å². The van der Waals surface area contributed by atoms with Crippen molar-refractivity contribution in [3.8, 4) is 0 Å². The van der Waals surface area contributed by atoms with Crippen LogP contribution < -0.4 is 0 Å². The van der Waals surface area contributed by atoms with Gasteiger partial charge in [0.1, 0.15) is 5.69 Å². The van der Waals surface area contributed by atoms with Crippen LogP contribution in [0.25, 0.3) is 10.8 Å². The highest BCUT2D eigenvalue weighted by atomic mass is 19.1. The summed E-state index contributed by atoms with van der Waals surface area (Å²) in [6.07, 6.45) is 1.32. The molecule has 0 spiro atoms. The third-order valence-electron chi connectivity index (χ3n) is 2.01. The van der Waals surface area contributed by atoms with Crippen molar-refractivity contribution in [3.63, 3.8) is 0 Å². The Morgan fingerprint density at radius 3 is 2.71 bits per heavy atom. The second-order valence-corrected chi connectivity index (χ2v) is 2.82. The molecule has 14 heavy (non-hydrogen) atoms. The summed E-state index contributed by atoms with van der Waals surface area (Å²) in [5, 5.41) is 1.25. The number of hydrogen-bond acceptors (Lipinski definition) is 2. The predicted molar refractivity (Wildman–Crippen MR) is 51.7 cm³/mol. The molecule has 0 aromatic heterocycles. The summed E-state index contributed by atoms with van der Waals surface area (Å²) in [6, 6.07) is 10.2. The first-order chi connectivity index (χ1) is 6.83. The summed E-state index contributed by atoms with van der Waals surface area (Å²) in [4.78, 5) is 13.3. The summed E-state index contributed by atoms with van der Waals surface area (Å²) in [5.41, 5.74) is 0.0266. The van der Waals surface area contributed by atoms with E-state index in [0.717, 1.165) is 5.39 Å². The normalized spacial score (nSPS) is 9.79. The Morgan fingerprint density at radius 2 is 1.93 bits per heavy atom. The van der Waals surface area contributed by atoms with Crippen molar-refractivity contribution in [2.75, 3.05) is 0 Å². The minimum Gasteiger partial charge on any atom is -0.211 e. The molecule has 3 heteroatoms. The van der Waals surface area contributed by atoms with E-state index in [1.54, 1.807) is 24.3 Å². The molecule has 0 aliphatic heterocycles. The van der Waals surface area contributed by atoms with Gasteiger partial charge in [0.25, 0.3) is 0 Å². The Bertz CT molecular complexity index is 530. The molecule has 0 aliphatic rings. The van der Waals surface area contributed by atoms with Gasteiger partial charge in [0.05, 0.1) is 0 Å². The van der Waals surface area contributed by atoms with Crippen LogP contribution in [0.4, 0.5) is 10.1 Å². The molecule has 0 saturated carbocycles. The van der Waals surface area contributed by atoms with E-state index >= 15 is 0 Å². The largest absolute Gasteiger partial charge is 0.240 e. The third-order valence-corrected chi connectivity index (χ3v) is 2.01. The highest BCUT2D eigenvalue weighted by Gasteiger charge is 2.04. The number of benzene rings is 2. The van der Waals surface area contributed by atoms with Crippen LogP contribution in [0.1, 0.15) is 0 Å². The number of halogens is 1. The number of fused-ring (bicyclic) bond motifs is 1. The van der Waals surface area contributed by atoms with Crippen molar-refractivity contribution in [2.24, 2.45) is 4.99 Å². The summed E-state index contributed by atoms with van der Waals surface area (Å²) in [6.45, 7) is 0. The summed E-state index contributed by atoms with van der Waals surface area (Å²) in [5.74, 6) is -0.480. The first-order valence-electron chi connectivity index (χ1n) is 4.08. The fraction of sp³-hybridized carbons (Fsp3) is 0. The lowest BCUT2D eigenvalue weighted by atomic mass is 10.1. The minimum absolute atomic E-state index is 0.0266. The van der Waals surface area contributed by atoms with E-state index < -0.39 is 5.82 Å². The second-order valence-electron chi connectivity index (χ2n) is 2.82. The molecule has 2 aromatic carbocycles. The van der Waals surface area contributed by atoms with E-state index in [-0.39, 0.29) is 5.69 Å². The highest BCUT2D eigenvalue weighted by Crippen LogP contribution is 2.25. The second kappa shape index (κ2) is 3.40. The van der Waals surface area contributed by atoms with Crippen LogP contribution in [0.2, 0.25) is 0 Å². The van der Waals surface area contributed by atoms with Gasteiger partial charge in [0.2, 0.25) is 6.08 Å². The number of aliphatic imine (C=N–C) groups is 1. The number of rotatable bonds is 1. The Hall–Kier alpha value is -1.99. The zero-order chi connectivity index (χ0) is 9.97. The topological polar surface area (TPSA) is 29.4 Å². The molecular weight excluding hydrogens is 181 g/mol. The average molecular weight is 187 g/mol. The van der Waals surface area contributed by atoms with E-state index in [1.165, 1.54) is 12.1 Å². The van der Waals surface area contributed by atoms with Crippen molar-refractivity contribution >= 4 is 22.5 Å². The van der Waals surface area contributed by atoms with E-state index in [9.17, 15) is 9.18 Å². The SMILES string of the molecule is O=C=Nc1ccc2ccccc2c1F. The van der Waals surface area contributed by atoms with Crippen molar-refractivity contribution in [1.82, 2.24) is 0 Å². The molecule has 0 fully saturated rings. The molecule has 0 saturated heterocycles. The Kier molecular flexibility index (Phi) is 2.09. The van der Waals surface area contributed by atoms with Crippen LogP contribution >= 0.6 is 0 Å². The molecule has 0 bridgehead atoms. The van der Waals surface area contributed by atoms with Crippen LogP contribution in [-0.2, 0) is 4.79 Å². The van der Waals surface area contributed by atoms with Gasteiger partial charge in [0, 0.05) is 5.39 Å². The lowest BCUT2D eigenvalue weighted by Crippen LogP contribution is -1.79. The van der Waals surface area contributed by atoms with Gasteiger partial charge in [-0.15, -0.1) is 0 Å². The number of nitrogens with zero attached hydrogens (tertiary/aromatic N) is 1. The molecule has 0 N–H and O–H groups in total. The van der Waals surface area contributed by atoms with Gasteiger partial charge >= 0.3 is 0 Å². The first-order valence-corrected chi connectivity index (χ1v) is 4.08. The fourth-order valence-corrected chi connectivity index (χ4v) is 1.36. The molecule has 0 atom stereocenters. The standard InChI is InChI=1S/C11H6FNO/c12-11-9-4-2-1-3-8(9)5-6-10(11)13-7-14/h1-6H. The van der Waals surface area contributed by atoms with E-state index in [1.807, 2.05) is 6.07 Å². The number of isocyanates is 1. The lowest BCUT2D eigenvalue weighted by molar-refractivity contribution is 0.564. The highest BCUT2D eigenvalue weighted by molar-refractivity contribution is 5.86.